The first-order chi connectivity index (χ1) is 13.3. The molecule has 0 fully saturated rings. The summed E-state index contributed by atoms with van der Waals surface area (Å²) in [6.07, 6.45) is -4.70. The van der Waals surface area contributed by atoms with E-state index in [0.29, 0.717) is 11.0 Å². The normalized spacial score (nSPS) is 12.6. The molecular formula is C19H18F3N3O2S. The van der Waals surface area contributed by atoms with Crippen LogP contribution in [0.3, 0.4) is 0 Å². The van der Waals surface area contributed by atoms with Gasteiger partial charge < -0.3 is 14.0 Å². The summed E-state index contributed by atoms with van der Waals surface area (Å²) in [6, 6.07) is 13.3. The molecule has 0 saturated carbocycles. The quantitative estimate of drug-likeness (QED) is 0.521. The molecule has 3 aromatic rings. The minimum atomic E-state index is -4.70. The second-order valence-electron chi connectivity index (χ2n) is 5.97. The Kier molecular flexibility index (Phi) is 5.83. The Morgan fingerprint density at radius 3 is 2.14 bits per heavy atom. The Labute approximate surface area is 164 Å². The van der Waals surface area contributed by atoms with Gasteiger partial charge in [-0.25, -0.2) is 0 Å². The summed E-state index contributed by atoms with van der Waals surface area (Å²) in [5.74, 6) is 1.23. The van der Waals surface area contributed by atoms with Gasteiger partial charge in [-0.3, -0.25) is 0 Å². The number of hydrogen-bond donors (Lipinski definition) is 0. The van der Waals surface area contributed by atoms with Crippen LogP contribution in [0.5, 0.6) is 11.5 Å². The molecule has 0 N–H and O–H groups in total. The second-order valence-corrected chi connectivity index (χ2v) is 7.28. The minimum Gasteiger partial charge on any atom is -0.497 e. The monoisotopic (exact) mass is 409 g/mol. The van der Waals surface area contributed by atoms with Crippen molar-refractivity contribution in [1.82, 2.24) is 14.8 Å². The van der Waals surface area contributed by atoms with Gasteiger partial charge in [0, 0.05) is 17.9 Å². The highest BCUT2D eigenvalue weighted by atomic mass is 32.2. The molecule has 0 aliphatic heterocycles. The van der Waals surface area contributed by atoms with Crippen LogP contribution < -0.4 is 9.47 Å². The van der Waals surface area contributed by atoms with Crippen molar-refractivity contribution in [1.29, 1.82) is 0 Å². The van der Waals surface area contributed by atoms with Gasteiger partial charge in [0.25, 0.3) is 0 Å². The number of benzene rings is 2. The van der Waals surface area contributed by atoms with Gasteiger partial charge >= 0.3 is 6.36 Å². The molecule has 3 rings (SSSR count). The predicted octanol–water partition coefficient (Wildman–Crippen LogP) is 5.24. The molecule has 0 aliphatic carbocycles. The van der Waals surface area contributed by atoms with Crippen molar-refractivity contribution in [3.05, 3.63) is 54.1 Å². The first kappa shape index (κ1) is 20.1. The number of aromatic nitrogens is 3. The fraction of sp³-hybridized carbons (Fsp3) is 0.263. The Balaban J connectivity index is 1.72. The molecule has 28 heavy (non-hydrogen) atoms. The van der Waals surface area contributed by atoms with E-state index in [1.165, 1.54) is 23.9 Å². The molecule has 2 aromatic carbocycles. The molecule has 1 aromatic heterocycles. The van der Waals surface area contributed by atoms with Crippen LogP contribution in [0.25, 0.3) is 11.4 Å². The Morgan fingerprint density at radius 1 is 0.964 bits per heavy atom. The van der Waals surface area contributed by atoms with Gasteiger partial charge in [-0.15, -0.1) is 23.4 Å². The number of alkyl halides is 3. The van der Waals surface area contributed by atoms with E-state index in [2.05, 4.69) is 14.9 Å². The third kappa shape index (κ3) is 4.78. The van der Waals surface area contributed by atoms with Crippen molar-refractivity contribution in [3.63, 3.8) is 0 Å². The van der Waals surface area contributed by atoms with E-state index in [-0.39, 0.29) is 11.0 Å². The number of thioether (sulfide) groups is 1. The largest absolute Gasteiger partial charge is 0.573 e. The predicted molar refractivity (Wildman–Crippen MR) is 100 cm³/mol. The van der Waals surface area contributed by atoms with Gasteiger partial charge in [0.15, 0.2) is 11.0 Å². The Morgan fingerprint density at radius 2 is 1.57 bits per heavy atom. The van der Waals surface area contributed by atoms with Gasteiger partial charge in [0.2, 0.25) is 0 Å². The van der Waals surface area contributed by atoms with Crippen molar-refractivity contribution in [2.45, 2.75) is 23.7 Å². The molecular weight excluding hydrogens is 391 g/mol. The number of rotatable bonds is 6. The van der Waals surface area contributed by atoms with Gasteiger partial charge in [-0.05, 0) is 48.9 Å². The first-order valence-corrected chi connectivity index (χ1v) is 9.21. The third-order valence-electron chi connectivity index (χ3n) is 4.05. The lowest BCUT2D eigenvalue weighted by Crippen LogP contribution is -2.17. The number of nitrogens with zero attached hydrogens (tertiary/aromatic N) is 3. The fourth-order valence-corrected chi connectivity index (χ4v) is 3.52. The summed E-state index contributed by atoms with van der Waals surface area (Å²) in [6.45, 7) is 1.95. The number of methoxy groups -OCH3 is 1. The van der Waals surface area contributed by atoms with Gasteiger partial charge in [-0.1, -0.05) is 23.9 Å². The number of halogens is 3. The molecule has 0 bridgehead atoms. The highest BCUT2D eigenvalue weighted by Crippen LogP contribution is 2.36. The van der Waals surface area contributed by atoms with Crippen LogP contribution in [-0.2, 0) is 7.05 Å². The summed E-state index contributed by atoms with van der Waals surface area (Å²) >= 11 is 1.47. The third-order valence-corrected chi connectivity index (χ3v) is 5.24. The minimum absolute atomic E-state index is 0.0356. The molecule has 148 valence electrons. The highest BCUT2D eigenvalue weighted by Gasteiger charge is 2.31. The van der Waals surface area contributed by atoms with Crippen LogP contribution in [0.1, 0.15) is 17.7 Å². The molecule has 0 saturated heterocycles. The fourth-order valence-electron chi connectivity index (χ4n) is 2.58. The van der Waals surface area contributed by atoms with Gasteiger partial charge in [0.1, 0.15) is 11.5 Å². The van der Waals surface area contributed by atoms with E-state index in [0.717, 1.165) is 16.9 Å². The van der Waals surface area contributed by atoms with Gasteiger partial charge in [0.05, 0.1) is 7.11 Å². The summed E-state index contributed by atoms with van der Waals surface area (Å²) in [7, 11) is 3.48. The van der Waals surface area contributed by atoms with E-state index in [4.69, 9.17) is 4.74 Å². The lowest BCUT2D eigenvalue weighted by Gasteiger charge is -2.13. The van der Waals surface area contributed by atoms with Crippen LogP contribution in [0.15, 0.2) is 53.7 Å². The van der Waals surface area contributed by atoms with Crippen LogP contribution in [0, 0.1) is 0 Å². The number of ether oxygens (including phenoxy) is 2. The lowest BCUT2D eigenvalue weighted by molar-refractivity contribution is -0.274. The zero-order valence-corrected chi connectivity index (χ0v) is 16.2. The summed E-state index contributed by atoms with van der Waals surface area (Å²) < 4.78 is 47.7. The number of hydrogen-bond acceptors (Lipinski definition) is 5. The second kappa shape index (κ2) is 8.14. The van der Waals surface area contributed by atoms with E-state index >= 15 is 0 Å². The highest BCUT2D eigenvalue weighted by molar-refractivity contribution is 7.99. The van der Waals surface area contributed by atoms with Crippen molar-refractivity contribution in [2.75, 3.05) is 7.11 Å². The standard InChI is InChI=1S/C19H18F3N3O2S/c1-12(13-4-10-16(11-5-13)27-19(20,21)22)28-18-24-23-17(25(18)2)14-6-8-15(26-3)9-7-14/h4-12H,1-3H3. The van der Waals surface area contributed by atoms with Gasteiger partial charge in [-0.2, -0.15) is 0 Å². The topological polar surface area (TPSA) is 49.2 Å². The molecule has 1 unspecified atom stereocenters. The maximum Gasteiger partial charge on any atom is 0.573 e. The average Bonchev–Trinajstić information content (AvgIpc) is 3.01. The zero-order chi connectivity index (χ0) is 20.3. The SMILES string of the molecule is COc1ccc(-c2nnc(SC(C)c3ccc(OC(F)(F)F)cc3)n2C)cc1. The molecule has 1 atom stereocenters. The first-order valence-electron chi connectivity index (χ1n) is 8.33. The maximum atomic E-state index is 12.3. The average molecular weight is 409 g/mol. The van der Waals surface area contributed by atoms with E-state index < -0.39 is 6.36 Å². The van der Waals surface area contributed by atoms with E-state index in [9.17, 15) is 13.2 Å². The maximum absolute atomic E-state index is 12.3. The molecule has 0 amide bonds. The van der Waals surface area contributed by atoms with Crippen LogP contribution in [0.4, 0.5) is 13.2 Å². The van der Waals surface area contributed by atoms with Crippen molar-refractivity contribution >= 4 is 11.8 Å². The molecule has 9 heteroatoms. The van der Waals surface area contributed by atoms with E-state index in [1.807, 2.05) is 42.8 Å². The molecule has 0 spiro atoms. The lowest BCUT2D eigenvalue weighted by atomic mass is 10.2. The van der Waals surface area contributed by atoms with E-state index in [1.54, 1.807) is 19.2 Å². The molecule has 1 heterocycles. The molecule has 0 radical (unpaired) electrons. The smallest absolute Gasteiger partial charge is 0.497 e. The van der Waals surface area contributed by atoms with Crippen LogP contribution >= 0.6 is 11.8 Å². The Bertz CT molecular complexity index is 925. The summed E-state index contributed by atoms with van der Waals surface area (Å²) in [5.41, 5.74) is 1.76. The van der Waals surface area contributed by atoms with Crippen LogP contribution in [-0.4, -0.2) is 28.2 Å². The van der Waals surface area contributed by atoms with Crippen molar-refractivity contribution in [3.8, 4) is 22.9 Å². The zero-order valence-electron chi connectivity index (χ0n) is 15.4. The summed E-state index contributed by atoms with van der Waals surface area (Å²) in [4.78, 5) is 0. The summed E-state index contributed by atoms with van der Waals surface area (Å²) in [5, 5.41) is 9.15. The van der Waals surface area contributed by atoms with Crippen molar-refractivity contribution in [2.24, 2.45) is 7.05 Å². The Hall–Kier alpha value is -2.68. The molecule has 0 aliphatic rings. The van der Waals surface area contributed by atoms with Crippen molar-refractivity contribution < 1.29 is 22.6 Å². The van der Waals surface area contributed by atoms with Crippen LogP contribution in [0.2, 0.25) is 0 Å². The molecule has 5 nitrogen and oxygen atoms in total.